The highest BCUT2D eigenvalue weighted by Gasteiger charge is 2.30. The molecule has 0 aliphatic carbocycles. The van der Waals surface area contributed by atoms with E-state index >= 15 is 0 Å². The number of nitrogens with zero attached hydrogens (tertiary/aromatic N) is 4. The summed E-state index contributed by atoms with van der Waals surface area (Å²) in [6.45, 7) is 13.9. The van der Waals surface area contributed by atoms with Gasteiger partial charge in [-0.15, -0.1) is 0 Å². The molecule has 292 valence electrons. The molecule has 0 atom stereocenters. The van der Waals surface area contributed by atoms with Crippen LogP contribution < -0.4 is 4.90 Å². The summed E-state index contributed by atoms with van der Waals surface area (Å²) in [7, 11) is 0. The van der Waals surface area contributed by atoms with Gasteiger partial charge in [0.25, 0.3) is 0 Å². The van der Waals surface area contributed by atoms with E-state index in [1.165, 1.54) is 92.4 Å². The van der Waals surface area contributed by atoms with Crippen molar-refractivity contribution in [2.45, 2.75) is 52.4 Å². The average molecular weight is 785 g/mol. The Morgan fingerprint density at radius 3 is 1.64 bits per heavy atom. The molecular weight excluding hydrogens is 741 g/mol. The number of rotatable bonds is 3. The molecule has 0 saturated heterocycles. The van der Waals surface area contributed by atoms with Crippen LogP contribution in [0.4, 0.5) is 17.1 Å². The Bertz CT molecular complexity index is 3890. The summed E-state index contributed by atoms with van der Waals surface area (Å²) in [6.07, 6.45) is 0. The smallest absolute Gasteiger partial charge is 0.146 e. The SMILES string of the molecule is CC(C)(C)c1ccc2c(c1)c1c3ccccc3cc3c4nc5c(cc4n2c31)c1cc(C(C)(C)C)cc2c3c4ccccc4cc(N(c4ccccc4)c4ccccc4)c3n5c12. The van der Waals surface area contributed by atoms with Crippen LogP contribution in [0.3, 0.4) is 0 Å². The first-order valence-corrected chi connectivity index (χ1v) is 21.6. The lowest BCUT2D eigenvalue weighted by atomic mass is 9.85. The summed E-state index contributed by atoms with van der Waals surface area (Å²) >= 11 is 0. The Labute approximate surface area is 353 Å². The van der Waals surface area contributed by atoms with Crippen molar-refractivity contribution < 1.29 is 0 Å². The van der Waals surface area contributed by atoms with Gasteiger partial charge in [0.1, 0.15) is 5.65 Å². The fourth-order valence-corrected chi connectivity index (χ4v) is 10.6. The zero-order valence-corrected chi connectivity index (χ0v) is 35.3. The fraction of sp³-hybridized carbons (Fsp3) is 0.140. The van der Waals surface area contributed by atoms with Crippen molar-refractivity contribution in [2.75, 3.05) is 4.90 Å². The van der Waals surface area contributed by atoms with Crippen LogP contribution in [-0.4, -0.2) is 13.8 Å². The minimum absolute atomic E-state index is 0.0287. The monoisotopic (exact) mass is 784 g/mol. The number of aromatic nitrogens is 3. The van der Waals surface area contributed by atoms with Crippen LogP contribution in [0.15, 0.2) is 158 Å². The third-order valence-corrected chi connectivity index (χ3v) is 13.6. The van der Waals surface area contributed by atoms with E-state index in [-0.39, 0.29) is 10.8 Å². The largest absolute Gasteiger partial charge is 0.308 e. The lowest BCUT2D eigenvalue weighted by Crippen LogP contribution is -2.11. The molecule has 8 aromatic carbocycles. The van der Waals surface area contributed by atoms with Crippen molar-refractivity contribution in [2.24, 2.45) is 0 Å². The van der Waals surface area contributed by atoms with E-state index in [2.05, 4.69) is 213 Å². The summed E-state index contributed by atoms with van der Waals surface area (Å²) in [6, 6.07) is 58.7. The first-order valence-electron chi connectivity index (χ1n) is 21.6. The number of anilines is 3. The minimum atomic E-state index is -0.0799. The van der Waals surface area contributed by atoms with Crippen LogP contribution in [-0.2, 0) is 10.8 Å². The normalized spacial score (nSPS) is 13.1. The predicted molar refractivity (Wildman–Crippen MR) is 261 cm³/mol. The van der Waals surface area contributed by atoms with E-state index in [1.54, 1.807) is 0 Å². The lowest BCUT2D eigenvalue weighted by Gasteiger charge is -2.27. The number of hydrogen-bond donors (Lipinski definition) is 0. The van der Waals surface area contributed by atoms with Crippen molar-refractivity contribution >= 4 is 115 Å². The number of fused-ring (bicyclic) bond motifs is 16. The molecule has 0 fully saturated rings. The average Bonchev–Trinajstić information content (AvgIpc) is 3.98. The van der Waals surface area contributed by atoms with Gasteiger partial charge in [0.05, 0.1) is 38.8 Å². The Hall–Kier alpha value is -7.17. The van der Waals surface area contributed by atoms with Gasteiger partial charge in [-0.05, 0) is 110 Å². The van der Waals surface area contributed by atoms with Gasteiger partial charge in [-0.1, -0.05) is 133 Å². The second-order valence-corrected chi connectivity index (χ2v) is 19.3. The number of hydrogen-bond acceptors (Lipinski definition) is 2. The molecule has 0 radical (unpaired) electrons. The van der Waals surface area contributed by atoms with Gasteiger partial charge in [0.2, 0.25) is 0 Å². The lowest BCUT2D eigenvalue weighted by molar-refractivity contribution is 0.591. The maximum absolute atomic E-state index is 5.92. The molecule has 13 rings (SSSR count). The van der Waals surface area contributed by atoms with Crippen molar-refractivity contribution in [3.8, 4) is 0 Å². The standard InChI is InChI=1S/C57H44N4/c1-56(2,3)35-25-26-46-43(29-35)49-39-23-15-13-17-33(39)27-45-51-47(60(46)53(45)49)32-42-41-30-36(57(4,5)6)31-44-50-40-24-16-14-18-34(40)28-48(54(50)61(52(41)44)55(42)58-51)59(37-19-9-7-10-20-37)38-21-11-8-12-22-38/h7-32H,1-6H3. The van der Waals surface area contributed by atoms with Gasteiger partial charge in [0.15, 0.2) is 0 Å². The molecule has 0 saturated carbocycles. The highest BCUT2D eigenvalue weighted by molar-refractivity contribution is 6.34. The molecule has 61 heavy (non-hydrogen) atoms. The Morgan fingerprint density at radius 1 is 0.410 bits per heavy atom. The van der Waals surface area contributed by atoms with Gasteiger partial charge >= 0.3 is 0 Å². The van der Waals surface area contributed by atoms with E-state index in [0.29, 0.717) is 0 Å². The molecular formula is C57H44N4. The van der Waals surface area contributed by atoms with Gasteiger partial charge in [-0.2, -0.15) is 0 Å². The van der Waals surface area contributed by atoms with Crippen molar-refractivity contribution in [1.82, 2.24) is 13.8 Å². The molecule has 5 heterocycles. The van der Waals surface area contributed by atoms with Crippen LogP contribution in [0, 0.1) is 0 Å². The first kappa shape index (κ1) is 34.7. The van der Waals surface area contributed by atoms with E-state index in [0.717, 1.165) is 33.7 Å². The minimum Gasteiger partial charge on any atom is -0.308 e. The zero-order valence-electron chi connectivity index (χ0n) is 35.3. The summed E-state index contributed by atoms with van der Waals surface area (Å²) < 4.78 is 5.03. The highest BCUT2D eigenvalue weighted by atomic mass is 15.2. The number of pyridine rings is 1. The Balaban J connectivity index is 1.27. The molecule has 0 aliphatic rings. The van der Waals surface area contributed by atoms with Gasteiger partial charge < -0.3 is 9.30 Å². The maximum atomic E-state index is 5.92. The fourth-order valence-electron chi connectivity index (χ4n) is 10.6. The van der Waals surface area contributed by atoms with E-state index < -0.39 is 0 Å². The summed E-state index contributed by atoms with van der Waals surface area (Å²) in [5, 5.41) is 13.8. The third-order valence-electron chi connectivity index (χ3n) is 13.6. The Morgan fingerprint density at radius 2 is 0.984 bits per heavy atom. The van der Waals surface area contributed by atoms with Crippen molar-refractivity contribution in [3.05, 3.63) is 169 Å². The second kappa shape index (κ2) is 11.8. The summed E-state index contributed by atoms with van der Waals surface area (Å²) in [5.74, 6) is 0. The molecule has 0 unspecified atom stereocenters. The van der Waals surface area contributed by atoms with E-state index in [1.807, 2.05) is 0 Å². The van der Waals surface area contributed by atoms with Crippen LogP contribution in [0.25, 0.3) is 98.0 Å². The van der Waals surface area contributed by atoms with Crippen molar-refractivity contribution in [1.29, 1.82) is 0 Å². The van der Waals surface area contributed by atoms with Gasteiger partial charge in [0, 0.05) is 49.1 Å². The van der Waals surface area contributed by atoms with Gasteiger partial charge in [-0.25, -0.2) is 4.98 Å². The topological polar surface area (TPSA) is 24.9 Å². The predicted octanol–water partition coefficient (Wildman–Crippen LogP) is 15.8. The van der Waals surface area contributed by atoms with Crippen LogP contribution in [0.2, 0.25) is 0 Å². The van der Waals surface area contributed by atoms with Crippen molar-refractivity contribution in [3.63, 3.8) is 0 Å². The van der Waals surface area contributed by atoms with Gasteiger partial charge in [-0.3, -0.25) is 4.40 Å². The molecule has 0 bridgehead atoms. The quantitative estimate of drug-likeness (QED) is 0.178. The number of benzene rings is 8. The molecule has 0 spiro atoms. The van der Waals surface area contributed by atoms with Crippen LogP contribution in [0.5, 0.6) is 0 Å². The van der Waals surface area contributed by atoms with Crippen LogP contribution >= 0.6 is 0 Å². The molecule has 4 heteroatoms. The second-order valence-electron chi connectivity index (χ2n) is 19.3. The first-order chi connectivity index (χ1) is 29.5. The molecule has 0 N–H and O–H groups in total. The van der Waals surface area contributed by atoms with E-state index in [9.17, 15) is 0 Å². The molecule has 13 aromatic rings. The molecule has 0 aliphatic heterocycles. The molecule has 4 nitrogen and oxygen atoms in total. The van der Waals surface area contributed by atoms with Crippen LogP contribution in [0.1, 0.15) is 52.7 Å². The maximum Gasteiger partial charge on any atom is 0.146 e. The zero-order chi connectivity index (χ0) is 41.1. The molecule has 0 amide bonds. The van der Waals surface area contributed by atoms with E-state index in [4.69, 9.17) is 4.98 Å². The summed E-state index contributed by atoms with van der Waals surface area (Å²) in [4.78, 5) is 8.35. The number of para-hydroxylation sites is 2. The molecule has 5 aromatic heterocycles. The summed E-state index contributed by atoms with van der Waals surface area (Å²) in [5.41, 5.74) is 14.0. The highest BCUT2D eigenvalue weighted by Crippen LogP contribution is 2.51. The Kier molecular flexibility index (Phi) is 6.69. The third kappa shape index (κ3) is 4.62.